The molecule has 0 bridgehead atoms. The molecule has 0 aliphatic carbocycles. The first-order chi connectivity index (χ1) is 9.20. The van der Waals surface area contributed by atoms with Crippen LogP contribution in [0.4, 0.5) is 5.69 Å². The van der Waals surface area contributed by atoms with E-state index in [9.17, 15) is 4.79 Å². The van der Waals surface area contributed by atoms with Crippen molar-refractivity contribution in [1.29, 1.82) is 0 Å². The molecule has 0 heterocycles. The van der Waals surface area contributed by atoms with Crippen LogP contribution in [0, 0.1) is 0 Å². The van der Waals surface area contributed by atoms with Crippen molar-refractivity contribution in [2.24, 2.45) is 5.73 Å². The third-order valence-corrected chi connectivity index (χ3v) is 3.06. The lowest BCUT2D eigenvalue weighted by Gasteiger charge is -2.17. The van der Waals surface area contributed by atoms with Crippen molar-refractivity contribution >= 4 is 11.6 Å². The number of hydrogen-bond donors (Lipinski definition) is 2. The highest BCUT2D eigenvalue weighted by Gasteiger charge is 2.17. The predicted octanol–water partition coefficient (Wildman–Crippen LogP) is 2.89. The Morgan fingerprint density at radius 3 is 2.53 bits per heavy atom. The summed E-state index contributed by atoms with van der Waals surface area (Å²) in [5.74, 6) is -0.381. The molecule has 98 valence electrons. The minimum absolute atomic E-state index is 0.381. The van der Waals surface area contributed by atoms with Crippen LogP contribution in [-0.4, -0.2) is 5.91 Å². The van der Waals surface area contributed by atoms with Crippen molar-refractivity contribution < 1.29 is 4.79 Å². The first-order valence-electron chi connectivity index (χ1n) is 6.40. The molecule has 0 saturated heterocycles. The Morgan fingerprint density at radius 2 is 1.89 bits per heavy atom. The minimum Gasteiger partial charge on any atom is -0.370 e. The van der Waals surface area contributed by atoms with E-state index in [0.717, 1.165) is 17.7 Å². The lowest BCUT2D eigenvalue weighted by atomic mass is 10.1. The second kappa shape index (κ2) is 6.05. The van der Waals surface area contributed by atoms with Gasteiger partial charge in [-0.3, -0.25) is 4.79 Å². The van der Waals surface area contributed by atoms with Gasteiger partial charge in [0.25, 0.3) is 0 Å². The molecule has 0 aliphatic heterocycles. The van der Waals surface area contributed by atoms with Crippen molar-refractivity contribution in [3.63, 3.8) is 0 Å². The Morgan fingerprint density at radius 1 is 1.16 bits per heavy atom. The number of hydrogen-bond acceptors (Lipinski definition) is 2. The Balaban J connectivity index is 2.24. The van der Waals surface area contributed by atoms with Crippen molar-refractivity contribution in [2.75, 3.05) is 5.32 Å². The molecule has 0 radical (unpaired) electrons. The van der Waals surface area contributed by atoms with Crippen molar-refractivity contribution in [1.82, 2.24) is 0 Å². The highest BCUT2D eigenvalue weighted by molar-refractivity contribution is 5.84. The van der Waals surface area contributed by atoms with Crippen LogP contribution in [0.1, 0.15) is 24.1 Å². The van der Waals surface area contributed by atoms with Crippen LogP contribution in [0.3, 0.4) is 0 Å². The topological polar surface area (TPSA) is 55.1 Å². The standard InChI is InChI=1S/C16H18N2O/c1-2-12-7-6-10-14(11-12)18-15(16(17)19)13-8-4-3-5-9-13/h3-11,15,18H,2H2,1H3,(H2,17,19)/t15-/m0/s1. The summed E-state index contributed by atoms with van der Waals surface area (Å²) in [5.41, 5.74) is 8.49. The molecule has 1 amide bonds. The lowest BCUT2D eigenvalue weighted by Crippen LogP contribution is -2.27. The first kappa shape index (κ1) is 13.1. The van der Waals surface area contributed by atoms with E-state index in [4.69, 9.17) is 5.73 Å². The van der Waals surface area contributed by atoms with E-state index in [1.807, 2.05) is 48.5 Å². The molecule has 0 fully saturated rings. The van der Waals surface area contributed by atoms with E-state index in [1.165, 1.54) is 5.56 Å². The van der Waals surface area contributed by atoms with Crippen LogP contribution >= 0.6 is 0 Å². The second-order valence-electron chi connectivity index (χ2n) is 4.44. The van der Waals surface area contributed by atoms with E-state index in [2.05, 4.69) is 18.3 Å². The van der Waals surface area contributed by atoms with Gasteiger partial charge < -0.3 is 11.1 Å². The molecule has 0 spiro atoms. The number of amides is 1. The highest BCUT2D eigenvalue weighted by Crippen LogP contribution is 2.20. The molecule has 3 N–H and O–H groups in total. The molecule has 2 aromatic rings. The van der Waals surface area contributed by atoms with E-state index in [1.54, 1.807) is 0 Å². The van der Waals surface area contributed by atoms with Crippen LogP contribution in [0.15, 0.2) is 54.6 Å². The third-order valence-electron chi connectivity index (χ3n) is 3.06. The fourth-order valence-electron chi connectivity index (χ4n) is 2.01. The number of carbonyl (C=O) groups excluding carboxylic acids is 1. The number of anilines is 1. The average molecular weight is 254 g/mol. The number of nitrogens with two attached hydrogens (primary N) is 1. The number of nitrogens with one attached hydrogen (secondary N) is 1. The molecule has 3 nitrogen and oxygen atoms in total. The molecule has 2 rings (SSSR count). The van der Waals surface area contributed by atoms with E-state index >= 15 is 0 Å². The molecular weight excluding hydrogens is 236 g/mol. The van der Waals surface area contributed by atoms with Gasteiger partial charge in [0.15, 0.2) is 0 Å². The molecule has 3 heteroatoms. The van der Waals surface area contributed by atoms with Crippen LogP contribution < -0.4 is 11.1 Å². The van der Waals surface area contributed by atoms with Crippen molar-refractivity contribution in [3.05, 3.63) is 65.7 Å². The van der Waals surface area contributed by atoms with Crippen molar-refractivity contribution in [2.45, 2.75) is 19.4 Å². The normalized spacial score (nSPS) is 11.8. The van der Waals surface area contributed by atoms with Gasteiger partial charge in [0.2, 0.25) is 5.91 Å². The molecule has 19 heavy (non-hydrogen) atoms. The average Bonchev–Trinajstić information content (AvgIpc) is 2.45. The van der Waals surface area contributed by atoms with Crippen LogP contribution in [-0.2, 0) is 11.2 Å². The summed E-state index contributed by atoms with van der Waals surface area (Å²) >= 11 is 0. The number of carbonyl (C=O) groups is 1. The van der Waals surface area contributed by atoms with Gasteiger partial charge in [0.1, 0.15) is 6.04 Å². The third kappa shape index (κ3) is 3.35. The van der Waals surface area contributed by atoms with Crippen LogP contribution in [0.2, 0.25) is 0 Å². The molecule has 1 atom stereocenters. The summed E-state index contributed by atoms with van der Waals surface area (Å²) in [7, 11) is 0. The summed E-state index contributed by atoms with van der Waals surface area (Å²) in [6.45, 7) is 2.10. The lowest BCUT2D eigenvalue weighted by molar-refractivity contribution is -0.118. The summed E-state index contributed by atoms with van der Waals surface area (Å²) in [4.78, 5) is 11.6. The summed E-state index contributed by atoms with van der Waals surface area (Å²) in [6, 6.07) is 17.0. The van der Waals surface area contributed by atoms with Crippen molar-refractivity contribution in [3.8, 4) is 0 Å². The van der Waals surface area contributed by atoms with Gasteiger partial charge in [-0.1, -0.05) is 49.4 Å². The van der Waals surface area contributed by atoms with Crippen LogP contribution in [0.25, 0.3) is 0 Å². The number of primary amides is 1. The van der Waals surface area contributed by atoms with Gasteiger partial charge in [0, 0.05) is 5.69 Å². The fraction of sp³-hybridized carbons (Fsp3) is 0.188. The predicted molar refractivity (Wildman–Crippen MR) is 77.8 cm³/mol. The Labute approximate surface area is 113 Å². The van der Waals surface area contributed by atoms with Crippen LogP contribution in [0.5, 0.6) is 0 Å². The summed E-state index contributed by atoms with van der Waals surface area (Å²) in [5, 5.41) is 3.19. The molecule has 0 saturated carbocycles. The zero-order valence-corrected chi connectivity index (χ0v) is 11.0. The van der Waals surface area contributed by atoms with Gasteiger partial charge in [-0.05, 0) is 29.7 Å². The molecule has 0 unspecified atom stereocenters. The van der Waals surface area contributed by atoms with Gasteiger partial charge >= 0.3 is 0 Å². The van der Waals surface area contributed by atoms with E-state index < -0.39 is 6.04 Å². The number of benzene rings is 2. The fourth-order valence-corrected chi connectivity index (χ4v) is 2.01. The first-order valence-corrected chi connectivity index (χ1v) is 6.40. The zero-order chi connectivity index (χ0) is 13.7. The Bertz CT molecular complexity index is 552. The van der Waals surface area contributed by atoms with Gasteiger partial charge in [0.05, 0.1) is 0 Å². The number of aryl methyl sites for hydroxylation is 1. The minimum atomic E-state index is -0.506. The maximum absolute atomic E-state index is 11.6. The SMILES string of the molecule is CCc1cccc(N[C@H](C(N)=O)c2ccccc2)c1. The highest BCUT2D eigenvalue weighted by atomic mass is 16.1. The summed E-state index contributed by atoms with van der Waals surface area (Å²) < 4.78 is 0. The van der Waals surface area contributed by atoms with Gasteiger partial charge in [-0.25, -0.2) is 0 Å². The molecule has 2 aromatic carbocycles. The monoisotopic (exact) mass is 254 g/mol. The number of rotatable bonds is 5. The Kier molecular flexibility index (Phi) is 4.18. The van der Waals surface area contributed by atoms with Gasteiger partial charge in [-0.2, -0.15) is 0 Å². The molecular formula is C16H18N2O. The summed E-state index contributed by atoms with van der Waals surface area (Å²) in [6.07, 6.45) is 0.960. The van der Waals surface area contributed by atoms with E-state index in [-0.39, 0.29) is 5.91 Å². The zero-order valence-electron chi connectivity index (χ0n) is 11.0. The van der Waals surface area contributed by atoms with E-state index in [0.29, 0.717) is 0 Å². The Hall–Kier alpha value is -2.29. The smallest absolute Gasteiger partial charge is 0.244 e. The van der Waals surface area contributed by atoms with Gasteiger partial charge in [-0.15, -0.1) is 0 Å². The maximum atomic E-state index is 11.6. The molecule has 0 aliphatic rings. The largest absolute Gasteiger partial charge is 0.370 e. The quantitative estimate of drug-likeness (QED) is 0.862. The molecule has 0 aromatic heterocycles. The second-order valence-corrected chi connectivity index (χ2v) is 4.44. The maximum Gasteiger partial charge on any atom is 0.244 e.